The number of rotatable bonds is 7. The van der Waals surface area contributed by atoms with Crippen LogP contribution in [0.3, 0.4) is 0 Å². The Bertz CT molecular complexity index is 815. The average molecular weight is 376 g/mol. The van der Waals surface area contributed by atoms with E-state index in [0.717, 1.165) is 29.5 Å². The van der Waals surface area contributed by atoms with Crippen molar-refractivity contribution in [1.29, 1.82) is 0 Å². The molecule has 1 atom stereocenters. The first kappa shape index (κ1) is 19.0. The maximum atomic E-state index is 11.7. The van der Waals surface area contributed by atoms with Crippen LogP contribution in [0.1, 0.15) is 63.1 Å². The van der Waals surface area contributed by atoms with Crippen molar-refractivity contribution in [1.82, 2.24) is 4.98 Å². The predicted molar refractivity (Wildman–Crippen MR) is 105 cm³/mol. The summed E-state index contributed by atoms with van der Waals surface area (Å²) in [5, 5.41) is 0. The Hall–Kier alpha value is -1.75. The molecule has 2 aromatic rings. The second-order valence-electron chi connectivity index (χ2n) is 7.72. The Balaban J connectivity index is 1.88. The van der Waals surface area contributed by atoms with Gasteiger partial charge in [0.05, 0.1) is 11.0 Å². The van der Waals surface area contributed by atoms with E-state index in [9.17, 15) is 8.42 Å². The molecule has 142 valence electrons. The van der Waals surface area contributed by atoms with Crippen LogP contribution < -0.4 is 4.74 Å². The molecular weight excluding hydrogens is 346 g/mol. The van der Waals surface area contributed by atoms with Gasteiger partial charge in [0, 0.05) is 17.9 Å². The fourth-order valence-corrected chi connectivity index (χ4v) is 4.52. The molecule has 1 saturated carbocycles. The molecule has 1 heterocycles. The van der Waals surface area contributed by atoms with Crippen LogP contribution in [-0.4, -0.2) is 25.8 Å². The standard InChI is InChI=1S/C21H29NO3S/c1-15(2)25-21-13-12-20(22-21)19(14-16-6-4-5-7-16)17-8-10-18(11-9-17)26(3,23)24/h8-13,15-16,19,22H,4-7,14H2,1-3H3. The van der Waals surface area contributed by atoms with Crippen molar-refractivity contribution in [3.05, 3.63) is 47.7 Å². The first-order valence-electron chi connectivity index (χ1n) is 9.48. The molecule has 4 nitrogen and oxygen atoms in total. The van der Waals surface area contributed by atoms with E-state index in [0.29, 0.717) is 4.90 Å². The van der Waals surface area contributed by atoms with Gasteiger partial charge in [-0.25, -0.2) is 8.42 Å². The third-order valence-electron chi connectivity index (χ3n) is 5.17. The number of hydrogen-bond donors (Lipinski definition) is 1. The summed E-state index contributed by atoms with van der Waals surface area (Å²) in [4.78, 5) is 3.79. The highest BCUT2D eigenvalue weighted by Gasteiger charge is 2.24. The van der Waals surface area contributed by atoms with Crippen LogP contribution in [0.25, 0.3) is 0 Å². The van der Waals surface area contributed by atoms with E-state index in [4.69, 9.17) is 4.74 Å². The van der Waals surface area contributed by atoms with E-state index in [1.807, 2.05) is 32.0 Å². The van der Waals surface area contributed by atoms with Crippen molar-refractivity contribution in [3.63, 3.8) is 0 Å². The van der Waals surface area contributed by atoms with Crippen molar-refractivity contribution < 1.29 is 13.2 Å². The molecule has 26 heavy (non-hydrogen) atoms. The molecule has 5 heteroatoms. The summed E-state index contributed by atoms with van der Waals surface area (Å²) >= 11 is 0. The molecule has 1 unspecified atom stereocenters. The monoisotopic (exact) mass is 375 g/mol. The molecule has 1 fully saturated rings. The van der Waals surface area contributed by atoms with Crippen LogP contribution in [-0.2, 0) is 9.84 Å². The summed E-state index contributed by atoms with van der Waals surface area (Å²) in [7, 11) is -3.17. The zero-order valence-electron chi connectivity index (χ0n) is 15.9. The van der Waals surface area contributed by atoms with Gasteiger partial charge in [-0.3, -0.25) is 0 Å². The smallest absolute Gasteiger partial charge is 0.191 e. The third kappa shape index (κ3) is 4.70. The van der Waals surface area contributed by atoms with Crippen molar-refractivity contribution in [3.8, 4) is 5.88 Å². The van der Waals surface area contributed by atoms with Crippen LogP contribution in [0.5, 0.6) is 5.88 Å². The largest absolute Gasteiger partial charge is 0.476 e. The fourth-order valence-electron chi connectivity index (χ4n) is 3.89. The Morgan fingerprint density at radius 2 is 1.73 bits per heavy atom. The molecule has 0 aliphatic heterocycles. The van der Waals surface area contributed by atoms with Gasteiger partial charge < -0.3 is 9.72 Å². The molecule has 0 radical (unpaired) electrons. The van der Waals surface area contributed by atoms with Crippen LogP contribution >= 0.6 is 0 Å². The zero-order chi connectivity index (χ0) is 18.7. The lowest BCUT2D eigenvalue weighted by atomic mass is 9.86. The summed E-state index contributed by atoms with van der Waals surface area (Å²) in [5.74, 6) is 1.75. The average Bonchev–Trinajstić information content (AvgIpc) is 3.23. The zero-order valence-corrected chi connectivity index (χ0v) is 16.7. The molecule has 0 saturated heterocycles. The van der Waals surface area contributed by atoms with Gasteiger partial charge in [-0.1, -0.05) is 37.8 Å². The number of hydrogen-bond acceptors (Lipinski definition) is 3. The molecule has 1 aliphatic carbocycles. The van der Waals surface area contributed by atoms with Gasteiger partial charge in [-0.15, -0.1) is 0 Å². The van der Waals surface area contributed by atoms with Crippen molar-refractivity contribution in [2.75, 3.05) is 6.26 Å². The maximum Gasteiger partial charge on any atom is 0.191 e. The van der Waals surface area contributed by atoms with E-state index in [1.165, 1.54) is 31.9 Å². The SMILES string of the molecule is CC(C)Oc1ccc(C(CC2CCCC2)c2ccc(S(C)(=O)=O)cc2)[nH]1. The second kappa shape index (κ2) is 7.87. The van der Waals surface area contributed by atoms with Crippen molar-refractivity contribution >= 4 is 9.84 Å². The first-order valence-corrected chi connectivity index (χ1v) is 11.4. The summed E-state index contributed by atoms with van der Waals surface area (Å²) in [6, 6.07) is 11.4. The minimum atomic E-state index is -3.17. The number of sulfone groups is 1. The number of aromatic nitrogens is 1. The minimum Gasteiger partial charge on any atom is -0.476 e. The van der Waals surface area contributed by atoms with Gasteiger partial charge in [0.2, 0.25) is 0 Å². The van der Waals surface area contributed by atoms with E-state index < -0.39 is 9.84 Å². The lowest BCUT2D eigenvalue weighted by Gasteiger charge is -2.21. The highest BCUT2D eigenvalue weighted by Crippen LogP contribution is 2.38. The van der Waals surface area contributed by atoms with Gasteiger partial charge in [0.25, 0.3) is 0 Å². The Morgan fingerprint density at radius 3 is 2.31 bits per heavy atom. The van der Waals surface area contributed by atoms with E-state index >= 15 is 0 Å². The number of aromatic amines is 1. The van der Waals surface area contributed by atoms with E-state index in [2.05, 4.69) is 11.1 Å². The number of benzene rings is 1. The quantitative estimate of drug-likeness (QED) is 0.747. The number of ether oxygens (including phenoxy) is 1. The molecule has 0 amide bonds. The molecule has 1 N–H and O–H groups in total. The molecular formula is C21H29NO3S. The third-order valence-corrected chi connectivity index (χ3v) is 6.30. The van der Waals surface area contributed by atoms with Crippen molar-refractivity contribution in [2.24, 2.45) is 5.92 Å². The van der Waals surface area contributed by atoms with Crippen LogP contribution in [0.4, 0.5) is 0 Å². The summed E-state index contributed by atoms with van der Waals surface area (Å²) < 4.78 is 29.3. The summed E-state index contributed by atoms with van der Waals surface area (Å²) in [6.07, 6.45) is 7.66. The van der Waals surface area contributed by atoms with E-state index in [1.54, 1.807) is 12.1 Å². The van der Waals surface area contributed by atoms with Crippen molar-refractivity contribution in [2.45, 2.75) is 62.9 Å². The van der Waals surface area contributed by atoms with Gasteiger partial charge >= 0.3 is 0 Å². The molecule has 1 aliphatic rings. The topological polar surface area (TPSA) is 59.2 Å². The van der Waals surface area contributed by atoms with E-state index in [-0.39, 0.29) is 12.0 Å². The number of H-pyrrole nitrogens is 1. The first-order chi connectivity index (χ1) is 12.3. The fraction of sp³-hybridized carbons (Fsp3) is 0.524. The Kier molecular flexibility index (Phi) is 5.76. The highest BCUT2D eigenvalue weighted by atomic mass is 32.2. The second-order valence-corrected chi connectivity index (χ2v) is 9.74. The molecule has 0 bridgehead atoms. The van der Waals surface area contributed by atoms with Gasteiger partial charge in [-0.2, -0.15) is 0 Å². The molecule has 3 rings (SSSR count). The maximum absolute atomic E-state index is 11.7. The molecule has 0 spiro atoms. The van der Waals surface area contributed by atoms with Crippen LogP contribution in [0.15, 0.2) is 41.3 Å². The summed E-state index contributed by atoms with van der Waals surface area (Å²) in [6.45, 7) is 4.03. The summed E-state index contributed by atoms with van der Waals surface area (Å²) in [5.41, 5.74) is 2.29. The predicted octanol–water partition coefficient (Wildman–Crippen LogP) is 4.92. The normalized spacial score (nSPS) is 16.9. The highest BCUT2D eigenvalue weighted by molar-refractivity contribution is 7.90. The molecule has 1 aromatic heterocycles. The van der Waals surface area contributed by atoms with Gasteiger partial charge in [0.15, 0.2) is 15.7 Å². The lowest BCUT2D eigenvalue weighted by molar-refractivity contribution is 0.233. The number of nitrogens with one attached hydrogen (secondary N) is 1. The minimum absolute atomic E-state index is 0.129. The van der Waals surface area contributed by atoms with Gasteiger partial charge in [0.1, 0.15) is 0 Å². The Morgan fingerprint density at radius 1 is 1.08 bits per heavy atom. The molecule has 1 aromatic carbocycles. The van der Waals surface area contributed by atoms with Gasteiger partial charge in [-0.05, 0) is 56.0 Å². The lowest BCUT2D eigenvalue weighted by Crippen LogP contribution is -2.09. The van der Waals surface area contributed by atoms with Crippen LogP contribution in [0.2, 0.25) is 0 Å². The Labute approximate surface area is 156 Å². The van der Waals surface area contributed by atoms with Crippen LogP contribution in [0, 0.1) is 5.92 Å².